The Morgan fingerprint density at radius 2 is 2.00 bits per heavy atom. The van der Waals surface area contributed by atoms with Gasteiger partial charge >= 0.3 is 0 Å². The Bertz CT molecular complexity index is 213. The van der Waals surface area contributed by atoms with Crippen molar-refractivity contribution in [3.05, 3.63) is 29.8 Å². The van der Waals surface area contributed by atoms with Crippen LogP contribution in [-0.2, 0) is 6.42 Å². The van der Waals surface area contributed by atoms with E-state index < -0.39 is 0 Å². The van der Waals surface area contributed by atoms with Gasteiger partial charge in [-0.3, -0.25) is 0 Å². The van der Waals surface area contributed by atoms with Gasteiger partial charge in [0.25, 0.3) is 0 Å². The number of nitrogens with two attached hydrogens (primary N) is 1. The lowest BCUT2D eigenvalue weighted by atomic mass is 10.1. The zero-order chi connectivity index (χ0) is 8.81. The maximum Gasteiger partial charge on any atom is 0.0373 e. The van der Waals surface area contributed by atoms with Crippen LogP contribution < -0.4 is 11.1 Å². The Morgan fingerprint density at radius 1 is 1.31 bits per heavy atom. The molecule has 0 saturated carbocycles. The van der Waals surface area contributed by atoms with Crippen LogP contribution in [0.25, 0.3) is 0 Å². The number of halogens is 1. The third-order valence-corrected chi connectivity index (χ3v) is 1.80. The topological polar surface area (TPSA) is 38.0 Å². The quantitative estimate of drug-likeness (QED) is 0.781. The van der Waals surface area contributed by atoms with Crippen molar-refractivity contribution < 1.29 is 0 Å². The van der Waals surface area contributed by atoms with Gasteiger partial charge in [-0.05, 0) is 31.5 Å². The minimum absolute atomic E-state index is 0. The van der Waals surface area contributed by atoms with E-state index >= 15 is 0 Å². The number of rotatable bonds is 4. The zero-order valence-corrected chi connectivity index (χ0v) is 8.73. The predicted octanol–water partition coefficient (Wildman–Crippen LogP) is 2.04. The van der Waals surface area contributed by atoms with E-state index in [1.54, 1.807) is 0 Å². The average molecular weight is 201 g/mol. The molecule has 1 aromatic carbocycles. The van der Waals surface area contributed by atoms with Crippen molar-refractivity contribution in [1.82, 2.24) is 0 Å². The van der Waals surface area contributed by atoms with Gasteiger partial charge in [0.15, 0.2) is 0 Å². The number of anilines is 1. The molecule has 0 aliphatic heterocycles. The van der Waals surface area contributed by atoms with Crippen LogP contribution in [0.5, 0.6) is 0 Å². The summed E-state index contributed by atoms with van der Waals surface area (Å²) in [5, 5.41) is 3.31. The number of nitrogens with one attached hydrogen (secondary N) is 1. The molecule has 0 bridgehead atoms. The molecule has 0 aliphatic rings. The first kappa shape index (κ1) is 12.3. The monoisotopic (exact) mass is 200 g/mol. The van der Waals surface area contributed by atoms with Crippen LogP contribution in [0.2, 0.25) is 0 Å². The maximum atomic E-state index is 5.50. The second kappa shape index (κ2) is 6.75. The molecule has 0 saturated heterocycles. The Balaban J connectivity index is 0.00000144. The molecule has 0 radical (unpaired) electrons. The molecule has 2 nitrogen and oxygen atoms in total. The van der Waals surface area contributed by atoms with Gasteiger partial charge in [-0.2, -0.15) is 0 Å². The van der Waals surface area contributed by atoms with Crippen molar-refractivity contribution in [2.45, 2.75) is 13.3 Å². The van der Waals surface area contributed by atoms with Gasteiger partial charge in [-0.15, -0.1) is 12.4 Å². The number of benzene rings is 1. The minimum Gasteiger partial charge on any atom is -0.385 e. The van der Waals surface area contributed by atoms with Crippen molar-refractivity contribution in [3.8, 4) is 0 Å². The van der Waals surface area contributed by atoms with Crippen molar-refractivity contribution in [1.29, 1.82) is 0 Å². The van der Waals surface area contributed by atoms with E-state index in [4.69, 9.17) is 5.73 Å². The van der Waals surface area contributed by atoms with E-state index in [0.717, 1.165) is 13.0 Å². The molecule has 0 atom stereocenters. The van der Waals surface area contributed by atoms with E-state index in [2.05, 4.69) is 24.4 Å². The summed E-state index contributed by atoms with van der Waals surface area (Å²) in [6.07, 6.45) is 0.948. The fourth-order valence-corrected chi connectivity index (χ4v) is 1.26. The highest BCUT2D eigenvalue weighted by Gasteiger charge is 1.97. The molecule has 1 rings (SSSR count). The highest BCUT2D eigenvalue weighted by atomic mass is 35.5. The average Bonchev–Trinajstić information content (AvgIpc) is 2.09. The van der Waals surface area contributed by atoms with Gasteiger partial charge in [0, 0.05) is 12.2 Å². The van der Waals surface area contributed by atoms with Crippen LogP contribution in [0.4, 0.5) is 5.69 Å². The summed E-state index contributed by atoms with van der Waals surface area (Å²) in [7, 11) is 0. The third-order valence-electron chi connectivity index (χ3n) is 1.80. The molecule has 3 heteroatoms. The molecule has 0 amide bonds. The number of hydrogen-bond donors (Lipinski definition) is 2. The van der Waals surface area contributed by atoms with Crippen LogP contribution in [0.1, 0.15) is 12.5 Å². The molecule has 0 unspecified atom stereocenters. The second-order valence-corrected chi connectivity index (χ2v) is 2.73. The Morgan fingerprint density at radius 3 is 2.62 bits per heavy atom. The van der Waals surface area contributed by atoms with Crippen molar-refractivity contribution in [3.63, 3.8) is 0 Å². The lowest BCUT2D eigenvalue weighted by Crippen LogP contribution is -2.06. The van der Waals surface area contributed by atoms with Crippen LogP contribution >= 0.6 is 12.4 Å². The standard InChI is InChI=1S/C10H16N2.ClH/c1-2-12-10-6-4-3-5-9(10)7-8-11;/h3-6,12H,2,7-8,11H2,1H3;1H. The third kappa shape index (κ3) is 3.66. The summed E-state index contributed by atoms with van der Waals surface area (Å²) in [5.41, 5.74) is 8.02. The number of hydrogen-bond acceptors (Lipinski definition) is 2. The van der Waals surface area contributed by atoms with Crippen LogP contribution in [0.3, 0.4) is 0 Å². The lowest BCUT2D eigenvalue weighted by molar-refractivity contribution is 0.966. The highest BCUT2D eigenvalue weighted by Crippen LogP contribution is 2.14. The summed E-state index contributed by atoms with van der Waals surface area (Å²) >= 11 is 0. The molecule has 3 N–H and O–H groups in total. The van der Waals surface area contributed by atoms with Gasteiger partial charge in [0.05, 0.1) is 0 Å². The van der Waals surface area contributed by atoms with E-state index in [1.807, 2.05) is 12.1 Å². The molecule has 0 aromatic heterocycles. The summed E-state index contributed by atoms with van der Waals surface area (Å²) in [5.74, 6) is 0. The van der Waals surface area contributed by atoms with Crippen LogP contribution in [-0.4, -0.2) is 13.1 Å². The fraction of sp³-hybridized carbons (Fsp3) is 0.400. The lowest BCUT2D eigenvalue weighted by Gasteiger charge is -2.08. The summed E-state index contributed by atoms with van der Waals surface area (Å²) < 4.78 is 0. The molecule has 13 heavy (non-hydrogen) atoms. The molecular formula is C10H17ClN2. The molecule has 0 fully saturated rings. The highest BCUT2D eigenvalue weighted by molar-refractivity contribution is 5.85. The van der Waals surface area contributed by atoms with Gasteiger partial charge in [-0.25, -0.2) is 0 Å². The van der Waals surface area contributed by atoms with E-state index in [0.29, 0.717) is 6.54 Å². The SMILES string of the molecule is CCNc1ccccc1CCN.Cl. The summed E-state index contributed by atoms with van der Waals surface area (Å²) in [6, 6.07) is 8.29. The largest absolute Gasteiger partial charge is 0.385 e. The van der Waals surface area contributed by atoms with Crippen LogP contribution in [0, 0.1) is 0 Å². The zero-order valence-electron chi connectivity index (χ0n) is 7.92. The molecule has 1 aromatic rings. The Labute approximate surface area is 85.9 Å². The smallest absolute Gasteiger partial charge is 0.0373 e. The van der Waals surface area contributed by atoms with Crippen molar-refractivity contribution in [2.75, 3.05) is 18.4 Å². The predicted molar refractivity (Wildman–Crippen MR) is 60.6 cm³/mol. The van der Waals surface area contributed by atoms with Gasteiger partial charge in [0.2, 0.25) is 0 Å². The molecule has 0 aliphatic carbocycles. The maximum absolute atomic E-state index is 5.50. The minimum atomic E-state index is 0. The normalized spacial score (nSPS) is 9.08. The fourth-order valence-electron chi connectivity index (χ4n) is 1.26. The van der Waals surface area contributed by atoms with E-state index in [9.17, 15) is 0 Å². The number of para-hydroxylation sites is 1. The van der Waals surface area contributed by atoms with E-state index in [-0.39, 0.29) is 12.4 Å². The van der Waals surface area contributed by atoms with Crippen LogP contribution in [0.15, 0.2) is 24.3 Å². The van der Waals surface area contributed by atoms with Gasteiger partial charge in [0.1, 0.15) is 0 Å². The molecule has 74 valence electrons. The summed E-state index contributed by atoms with van der Waals surface area (Å²) in [6.45, 7) is 3.77. The van der Waals surface area contributed by atoms with Gasteiger partial charge in [-0.1, -0.05) is 18.2 Å². The molecular weight excluding hydrogens is 184 g/mol. The Hall–Kier alpha value is -0.730. The first-order valence-electron chi connectivity index (χ1n) is 4.40. The van der Waals surface area contributed by atoms with Crippen molar-refractivity contribution >= 4 is 18.1 Å². The first-order valence-corrected chi connectivity index (χ1v) is 4.40. The molecule has 0 spiro atoms. The second-order valence-electron chi connectivity index (χ2n) is 2.73. The summed E-state index contributed by atoms with van der Waals surface area (Å²) in [4.78, 5) is 0. The van der Waals surface area contributed by atoms with E-state index in [1.165, 1.54) is 11.3 Å². The van der Waals surface area contributed by atoms with Gasteiger partial charge < -0.3 is 11.1 Å². The Kier molecular flexibility index (Phi) is 6.37. The molecule has 0 heterocycles. The first-order chi connectivity index (χ1) is 5.88. The van der Waals surface area contributed by atoms with Crippen molar-refractivity contribution in [2.24, 2.45) is 5.73 Å².